The minimum Gasteiger partial charge on any atom is -0.444 e. The summed E-state index contributed by atoms with van der Waals surface area (Å²) in [6, 6.07) is 26.0. The quantitative estimate of drug-likeness (QED) is 0.0936. The van der Waals surface area contributed by atoms with E-state index in [1.54, 1.807) is 6.20 Å². The van der Waals surface area contributed by atoms with Crippen LogP contribution in [-0.4, -0.2) is 77.6 Å². The maximum Gasteiger partial charge on any atom is 0.407 e. The summed E-state index contributed by atoms with van der Waals surface area (Å²) < 4.78 is 17.6. The van der Waals surface area contributed by atoms with Gasteiger partial charge in [0, 0.05) is 37.9 Å². The number of carbonyl (C=O) groups excluding carboxylic acids is 2. The van der Waals surface area contributed by atoms with Crippen LogP contribution in [0, 0.1) is 0 Å². The summed E-state index contributed by atoms with van der Waals surface area (Å²) in [5.41, 5.74) is 6.01. The Kier molecular flexibility index (Phi) is 12.8. The first-order valence-electron chi connectivity index (χ1n) is 18.3. The van der Waals surface area contributed by atoms with Crippen LogP contribution in [0.4, 0.5) is 4.79 Å². The second kappa shape index (κ2) is 17.3. The standard InChI is InChI=1S/C42H54N4O5/c1-8-49-40(50-9-2)29(3)46(28-31-19-16-18-30-20-17-27-43-37(30)31)39(47)36(25-14-15-26-44-41(48)51-42(4,5)6)45(7)38-34-23-12-10-21-32(34)33-22-11-13-24-35(33)38/h10-13,16-24,27,29,36,38,40H,8-9,14-15,25-26,28H2,1-7H3,(H,44,48)/t29-,36-/m0/s1. The van der Waals surface area contributed by atoms with Gasteiger partial charge in [-0.3, -0.25) is 14.7 Å². The van der Waals surface area contributed by atoms with Gasteiger partial charge in [0.2, 0.25) is 5.91 Å². The summed E-state index contributed by atoms with van der Waals surface area (Å²) in [6.07, 6.45) is 2.73. The van der Waals surface area contributed by atoms with E-state index in [1.165, 1.54) is 22.3 Å². The molecule has 0 aliphatic heterocycles. The van der Waals surface area contributed by atoms with Crippen LogP contribution in [0.2, 0.25) is 0 Å². The Morgan fingerprint density at radius 2 is 1.49 bits per heavy atom. The topological polar surface area (TPSA) is 93.2 Å². The van der Waals surface area contributed by atoms with Crippen LogP contribution in [0.15, 0.2) is 85.1 Å². The van der Waals surface area contributed by atoms with E-state index in [2.05, 4.69) is 65.8 Å². The van der Waals surface area contributed by atoms with Crippen molar-refractivity contribution < 1.29 is 23.8 Å². The Morgan fingerprint density at radius 3 is 2.12 bits per heavy atom. The van der Waals surface area contributed by atoms with E-state index in [0.29, 0.717) is 45.6 Å². The first-order chi connectivity index (χ1) is 24.5. The summed E-state index contributed by atoms with van der Waals surface area (Å²) in [5.74, 6) is -0.00990. The predicted molar refractivity (Wildman–Crippen MR) is 202 cm³/mol. The van der Waals surface area contributed by atoms with Gasteiger partial charge in [0.1, 0.15) is 5.60 Å². The van der Waals surface area contributed by atoms with Gasteiger partial charge in [-0.15, -0.1) is 0 Å². The minimum atomic E-state index is -0.608. The Hall–Kier alpha value is -4.31. The molecule has 0 unspecified atom stereocenters. The van der Waals surface area contributed by atoms with E-state index in [4.69, 9.17) is 19.2 Å². The molecule has 1 aliphatic rings. The number of benzene rings is 3. The fraction of sp³-hybridized carbons (Fsp3) is 0.452. The number of aromatic nitrogens is 1. The van der Waals surface area contributed by atoms with Crippen LogP contribution in [0.5, 0.6) is 0 Å². The maximum absolute atomic E-state index is 15.4. The molecular formula is C42H54N4O5. The zero-order valence-corrected chi connectivity index (χ0v) is 31.2. The molecule has 0 saturated heterocycles. The molecule has 2 amide bonds. The fourth-order valence-corrected chi connectivity index (χ4v) is 7.11. The molecule has 9 heteroatoms. The van der Waals surface area contributed by atoms with E-state index >= 15 is 4.79 Å². The van der Waals surface area contributed by atoms with Crippen molar-refractivity contribution >= 4 is 22.9 Å². The molecule has 0 spiro atoms. The lowest BCUT2D eigenvalue weighted by Crippen LogP contribution is -2.54. The molecule has 0 saturated carbocycles. The number of nitrogens with one attached hydrogen (secondary N) is 1. The number of ether oxygens (including phenoxy) is 3. The van der Waals surface area contributed by atoms with Crippen LogP contribution in [0.25, 0.3) is 22.0 Å². The molecule has 1 aliphatic carbocycles. The number of nitrogens with zero attached hydrogens (tertiary/aromatic N) is 3. The van der Waals surface area contributed by atoms with Gasteiger partial charge < -0.3 is 24.4 Å². The van der Waals surface area contributed by atoms with Gasteiger partial charge in [-0.05, 0) is 102 Å². The van der Waals surface area contributed by atoms with Gasteiger partial charge in [-0.25, -0.2) is 4.79 Å². The molecule has 3 aromatic carbocycles. The molecule has 9 nitrogen and oxygen atoms in total. The van der Waals surface area contributed by atoms with Crippen molar-refractivity contribution in [2.45, 2.75) is 97.4 Å². The highest BCUT2D eigenvalue weighted by molar-refractivity contribution is 5.85. The van der Waals surface area contributed by atoms with Crippen molar-refractivity contribution in [1.29, 1.82) is 0 Å². The third-order valence-electron chi connectivity index (χ3n) is 9.44. The number of rotatable bonds is 16. The second-order valence-electron chi connectivity index (χ2n) is 14.2. The third kappa shape index (κ3) is 9.14. The van der Waals surface area contributed by atoms with Gasteiger partial charge in [0.05, 0.1) is 23.6 Å². The molecule has 0 fully saturated rings. The number of carbonyl (C=O) groups is 2. The van der Waals surface area contributed by atoms with Gasteiger partial charge in [-0.2, -0.15) is 0 Å². The van der Waals surface area contributed by atoms with Crippen LogP contribution in [0.3, 0.4) is 0 Å². The van der Waals surface area contributed by atoms with E-state index in [-0.39, 0.29) is 11.9 Å². The van der Waals surface area contributed by atoms with E-state index in [9.17, 15) is 4.79 Å². The van der Waals surface area contributed by atoms with Gasteiger partial charge in [0.25, 0.3) is 0 Å². The highest BCUT2D eigenvalue weighted by Crippen LogP contribution is 2.46. The van der Waals surface area contributed by atoms with Crippen molar-refractivity contribution in [2.75, 3.05) is 26.8 Å². The molecule has 272 valence electrons. The van der Waals surface area contributed by atoms with Crippen LogP contribution < -0.4 is 5.32 Å². The molecule has 1 N–H and O–H groups in total. The van der Waals surface area contributed by atoms with Crippen LogP contribution in [0.1, 0.15) is 83.5 Å². The van der Waals surface area contributed by atoms with Gasteiger partial charge in [0.15, 0.2) is 6.29 Å². The molecule has 1 heterocycles. The normalized spacial score (nSPS) is 14.0. The summed E-state index contributed by atoms with van der Waals surface area (Å²) in [5, 5.41) is 3.90. The van der Waals surface area contributed by atoms with Gasteiger partial charge in [-0.1, -0.05) is 72.8 Å². The number of hydrogen-bond donors (Lipinski definition) is 1. The smallest absolute Gasteiger partial charge is 0.407 e. The number of fused-ring (bicyclic) bond motifs is 4. The minimum absolute atomic E-state index is 0.00990. The molecule has 5 rings (SSSR count). The van der Waals surface area contributed by atoms with Crippen LogP contribution >= 0.6 is 0 Å². The molecule has 51 heavy (non-hydrogen) atoms. The zero-order valence-electron chi connectivity index (χ0n) is 31.2. The Morgan fingerprint density at radius 1 is 0.863 bits per heavy atom. The number of para-hydroxylation sites is 1. The average molecular weight is 695 g/mol. The predicted octanol–water partition coefficient (Wildman–Crippen LogP) is 8.12. The Labute approximate surface area is 303 Å². The van der Waals surface area contributed by atoms with E-state index < -0.39 is 30.1 Å². The first kappa shape index (κ1) is 37.9. The lowest BCUT2D eigenvalue weighted by atomic mass is 9.98. The summed E-state index contributed by atoms with van der Waals surface area (Å²) in [4.78, 5) is 36.6. The van der Waals surface area contributed by atoms with Crippen molar-refractivity contribution in [3.05, 3.63) is 102 Å². The number of likely N-dealkylation sites (N-methyl/N-ethyl adjacent to an activating group) is 1. The van der Waals surface area contributed by atoms with Crippen molar-refractivity contribution in [1.82, 2.24) is 20.1 Å². The first-order valence-corrected chi connectivity index (χ1v) is 18.3. The lowest BCUT2D eigenvalue weighted by molar-refractivity contribution is -0.181. The Bertz CT molecular complexity index is 1710. The number of pyridine rings is 1. The van der Waals surface area contributed by atoms with Gasteiger partial charge >= 0.3 is 6.09 Å². The second-order valence-corrected chi connectivity index (χ2v) is 14.2. The molecule has 0 bridgehead atoms. The average Bonchev–Trinajstić information content (AvgIpc) is 3.45. The van der Waals surface area contributed by atoms with Crippen molar-refractivity contribution in [3.63, 3.8) is 0 Å². The molecule has 0 radical (unpaired) electrons. The molecule has 2 atom stereocenters. The third-order valence-corrected chi connectivity index (χ3v) is 9.44. The number of alkyl carbamates (subject to hydrolysis) is 1. The maximum atomic E-state index is 15.4. The highest BCUT2D eigenvalue weighted by atomic mass is 16.7. The van der Waals surface area contributed by atoms with Crippen LogP contribution in [-0.2, 0) is 25.5 Å². The molecule has 4 aromatic rings. The summed E-state index contributed by atoms with van der Waals surface area (Å²) >= 11 is 0. The van der Waals surface area contributed by atoms with E-state index in [1.807, 2.05) is 76.8 Å². The summed E-state index contributed by atoms with van der Waals surface area (Å²) in [7, 11) is 2.07. The highest BCUT2D eigenvalue weighted by Gasteiger charge is 2.40. The van der Waals surface area contributed by atoms with Crippen molar-refractivity contribution in [2.24, 2.45) is 0 Å². The fourth-order valence-electron chi connectivity index (χ4n) is 7.11. The largest absolute Gasteiger partial charge is 0.444 e. The molecule has 1 aromatic heterocycles. The van der Waals surface area contributed by atoms with Crippen molar-refractivity contribution in [3.8, 4) is 11.1 Å². The lowest BCUT2D eigenvalue weighted by Gasteiger charge is -2.40. The summed E-state index contributed by atoms with van der Waals surface area (Å²) in [6.45, 7) is 13.1. The molecular weight excluding hydrogens is 640 g/mol. The SMILES string of the molecule is CCOC(OCC)[C@H](C)N(Cc1cccc2cccnc12)C(=O)[C@H](CCCCNC(=O)OC(C)(C)C)N(C)C1c2ccccc2-c2ccccc21. The Balaban J connectivity index is 1.50. The number of unbranched alkanes of at least 4 members (excludes halogenated alkanes) is 1. The number of amides is 2. The zero-order chi connectivity index (χ0) is 36.5. The van der Waals surface area contributed by atoms with E-state index in [0.717, 1.165) is 16.5 Å². The number of hydrogen-bond acceptors (Lipinski definition) is 7. The monoisotopic (exact) mass is 694 g/mol.